The van der Waals surface area contributed by atoms with Gasteiger partial charge in [-0.15, -0.1) is 0 Å². The third-order valence-electron chi connectivity index (χ3n) is 2.38. The summed E-state index contributed by atoms with van der Waals surface area (Å²) in [7, 11) is -8.00. The van der Waals surface area contributed by atoms with Crippen LogP contribution in [0.2, 0.25) is 0 Å². The third-order valence-corrected chi connectivity index (χ3v) is 3.76. The summed E-state index contributed by atoms with van der Waals surface area (Å²) in [6, 6.07) is 16.9. The van der Waals surface area contributed by atoms with Gasteiger partial charge in [-0.2, -0.15) is 8.42 Å². The van der Waals surface area contributed by atoms with Crippen LogP contribution in [0, 0.1) is 0 Å². The molecule has 2 aromatic rings. The fourth-order valence-electron chi connectivity index (χ4n) is 1.56. The van der Waals surface area contributed by atoms with E-state index in [0.29, 0.717) is 11.1 Å². The van der Waals surface area contributed by atoms with Crippen molar-refractivity contribution in [3.8, 4) is 0 Å². The van der Waals surface area contributed by atoms with Crippen LogP contribution in [0.1, 0.15) is 11.1 Å². The molecule has 1 N–H and O–H groups in total. The van der Waals surface area contributed by atoms with Gasteiger partial charge in [-0.05, 0) is 11.1 Å². The van der Waals surface area contributed by atoms with Gasteiger partial charge in [-0.1, -0.05) is 60.7 Å². The maximum absolute atomic E-state index is 10.4. The Kier molecular flexibility index (Phi) is 9.86. The molecule has 9 heteroatoms. The van der Waals surface area contributed by atoms with Gasteiger partial charge in [-0.3, -0.25) is 4.55 Å². The molecule has 0 atom stereocenters. The summed E-state index contributed by atoms with van der Waals surface area (Å²) < 4.78 is 59.9. The van der Waals surface area contributed by atoms with Crippen molar-refractivity contribution in [1.29, 1.82) is 0 Å². The van der Waals surface area contributed by atoms with Gasteiger partial charge in [-0.25, -0.2) is 8.42 Å². The van der Waals surface area contributed by atoms with Gasteiger partial charge >= 0.3 is 29.6 Å². The average molecular weight is 366 g/mol. The summed E-state index contributed by atoms with van der Waals surface area (Å²) in [6.45, 7) is 0. The minimum absolute atomic E-state index is 0. The zero-order chi connectivity index (χ0) is 16.6. The van der Waals surface area contributed by atoms with Gasteiger partial charge in [0.25, 0.3) is 10.1 Å². The Bertz CT molecular complexity index is 705. The van der Waals surface area contributed by atoms with Crippen molar-refractivity contribution in [1.82, 2.24) is 0 Å². The number of benzene rings is 2. The van der Waals surface area contributed by atoms with Gasteiger partial charge in [0.2, 0.25) is 0 Å². The summed E-state index contributed by atoms with van der Waals surface area (Å²) in [5.41, 5.74) is 1.12. The van der Waals surface area contributed by atoms with E-state index in [9.17, 15) is 21.4 Å². The fourth-order valence-corrected chi connectivity index (χ4v) is 2.78. The van der Waals surface area contributed by atoms with Crippen molar-refractivity contribution in [2.24, 2.45) is 0 Å². The zero-order valence-electron chi connectivity index (χ0n) is 12.5. The standard InChI is InChI=1S/2C7H8O3S.Na/c2*8-11(9,10)6-7-4-2-1-3-5-7;/h2*1-5H,6H2,(H,8,9,10);/q;;+1/p-1. The van der Waals surface area contributed by atoms with E-state index in [-0.39, 0.29) is 35.3 Å². The van der Waals surface area contributed by atoms with Crippen LogP contribution in [-0.2, 0) is 31.7 Å². The molecule has 23 heavy (non-hydrogen) atoms. The first-order chi connectivity index (χ1) is 10.2. The Hall–Kier alpha value is -0.740. The Morgan fingerprint density at radius 3 is 1.39 bits per heavy atom. The second-order valence-corrected chi connectivity index (χ2v) is 7.26. The molecular formula is C14H15NaO6S2. The summed E-state index contributed by atoms with van der Waals surface area (Å²) in [6.07, 6.45) is 0. The van der Waals surface area contributed by atoms with Crippen LogP contribution >= 0.6 is 0 Å². The number of rotatable bonds is 4. The van der Waals surface area contributed by atoms with E-state index in [2.05, 4.69) is 0 Å². The van der Waals surface area contributed by atoms with E-state index in [0.717, 1.165) is 0 Å². The molecule has 0 spiro atoms. The van der Waals surface area contributed by atoms with Crippen molar-refractivity contribution in [2.45, 2.75) is 11.5 Å². The van der Waals surface area contributed by atoms with E-state index in [1.165, 1.54) is 0 Å². The van der Waals surface area contributed by atoms with Crippen LogP contribution in [0.15, 0.2) is 60.7 Å². The minimum Gasteiger partial charge on any atom is -0.748 e. The molecule has 2 aromatic carbocycles. The molecule has 6 nitrogen and oxygen atoms in total. The topological polar surface area (TPSA) is 112 Å². The largest absolute Gasteiger partial charge is 1.00 e. The second-order valence-electron chi connectivity index (χ2n) is 4.40. The molecule has 0 aliphatic heterocycles. The second kappa shape index (κ2) is 10.2. The molecular weight excluding hydrogens is 351 g/mol. The molecule has 0 fully saturated rings. The molecule has 2 rings (SSSR count). The SMILES string of the molecule is O=S(=O)(O)Cc1ccccc1.O=S(=O)([O-])Cc1ccccc1.[Na+]. The Morgan fingerprint density at radius 1 is 0.739 bits per heavy atom. The summed E-state index contributed by atoms with van der Waals surface area (Å²) in [4.78, 5) is 0. The van der Waals surface area contributed by atoms with Crippen molar-refractivity contribution in [3.05, 3.63) is 71.8 Å². The molecule has 0 aliphatic rings. The first kappa shape index (κ1) is 22.3. The van der Waals surface area contributed by atoms with Crippen LogP contribution in [0.25, 0.3) is 0 Å². The van der Waals surface area contributed by atoms with Gasteiger partial charge in [0.15, 0.2) is 0 Å². The van der Waals surface area contributed by atoms with Crippen molar-refractivity contribution in [2.75, 3.05) is 0 Å². The van der Waals surface area contributed by atoms with Crippen LogP contribution < -0.4 is 29.6 Å². The summed E-state index contributed by atoms with van der Waals surface area (Å²) in [5, 5.41) is 0. The van der Waals surface area contributed by atoms with Crippen LogP contribution in [0.5, 0.6) is 0 Å². The molecule has 0 bridgehead atoms. The van der Waals surface area contributed by atoms with E-state index < -0.39 is 26.0 Å². The predicted molar refractivity (Wildman–Crippen MR) is 81.5 cm³/mol. The third kappa shape index (κ3) is 12.4. The minimum atomic E-state index is -4.13. The van der Waals surface area contributed by atoms with Crippen molar-refractivity contribution >= 4 is 20.2 Å². The van der Waals surface area contributed by atoms with Gasteiger partial charge < -0.3 is 4.55 Å². The van der Waals surface area contributed by atoms with Gasteiger partial charge in [0.05, 0.1) is 15.9 Å². The first-order valence-corrected chi connectivity index (χ1v) is 9.31. The van der Waals surface area contributed by atoms with Crippen LogP contribution in [0.4, 0.5) is 0 Å². The molecule has 0 saturated carbocycles. The fraction of sp³-hybridized carbons (Fsp3) is 0.143. The molecule has 0 amide bonds. The Labute approximate surface area is 158 Å². The number of hydrogen-bond donors (Lipinski definition) is 1. The average Bonchev–Trinajstić information content (AvgIpc) is 2.38. The smallest absolute Gasteiger partial charge is 0.748 e. The number of hydrogen-bond acceptors (Lipinski definition) is 5. The van der Waals surface area contributed by atoms with Crippen LogP contribution in [-0.4, -0.2) is 25.9 Å². The summed E-state index contributed by atoms with van der Waals surface area (Å²) >= 11 is 0. The van der Waals surface area contributed by atoms with Gasteiger partial charge in [0.1, 0.15) is 5.75 Å². The van der Waals surface area contributed by atoms with Crippen molar-refractivity contribution in [3.63, 3.8) is 0 Å². The summed E-state index contributed by atoms with van der Waals surface area (Å²) in [5.74, 6) is -0.734. The molecule has 0 unspecified atom stereocenters. The maximum Gasteiger partial charge on any atom is 1.00 e. The monoisotopic (exact) mass is 366 g/mol. The first-order valence-electron chi connectivity index (χ1n) is 6.12. The molecule has 0 aromatic heterocycles. The zero-order valence-corrected chi connectivity index (χ0v) is 16.1. The quantitative estimate of drug-likeness (QED) is 0.538. The molecule has 0 saturated heterocycles. The normalized spacial score (nSPS) is 10.9. The van der Waals surface area contributed by atoms with E-state index in [1.54, 1.807) is 60.7 Å². The van der Waals surface area contributed by atoms with Crippen molar-refractivity contribution < 1.29 is 55.5 Å². The van der Waals surface area contributed by atoms with E-state index in [4.69, 9.17) is 4.55 Å². The van der Waals surface area contributed by atoms with E-state index in [1.807, 2.05) is 0 Å². The maximum atomic E-state index is 10.4. The molecule has 0 radical (unpaired) electrons. The molecule has 0 aliphatic carbocycles. The Balaban J connectivity index is 0.000000403. The Morgan fingerprint density at radius 2 is 1.09 bits per heavy atom. The molecule has 0 heterocycles. The van der Waals surface area contributed by atoms with E-state index >= 15 is 0 Å². The van der Waals surface area contributed by atoms with Crippen LogP contribution in [0.3, 0.4) is 0 Å². The van der Waals surface area contributed by atoms with Gasteiger partial charge in [0, 0.05) is 0 Å². The predicted octanol–water partition coefficient (Wildman–Crippen LogP) is -1.19. The molecule has 120 valence electrons.